The molecule has 0 radical (unpaired) electrons. The van der Waals surface area contributed by atoms with Gasteiger partial charge in [-0.2, -0.15) is 4.31 Å². The molecule has 2 fully saturated rings. The summed E-state index contributed by atoms with van der Waals surface area (Å²) in [4.78, 5) is 15.8. The first-order valence-electron chi connectivity index (χ1n) is 9.78. The average molecular weight is 410 g/mol. The molecule has 0 unspecified atom stereocenters. The molecule has 0 spiro atoms. The summed E-state index contributed by atoms with van der Waals surface area (Å²) < 4.78 is 26.7. The fraction of sp³-hybridized carbons (Fsp3) is 0.381. The molecule has 7 nitrogen and oxygen atoms in total. The number of fused-ring (bicyclic) bond motifs is 2. The van der Waals surface area contributed by atoms with Crippen LogP contribution in [-0.4, -0.2) is 53.6 Å². The van der Waals surface area contributed by atoms with Crippen LogP contribution in [0, 0.1) is 18.8 Å². The zero-order valence-corrected chi connectivity index (χ0v) is 17.2. The molecule has 3 atom stereocenters. The number of pyridine rings is 1. The van der Waals surface area contributed by atoms with Crippen LogP contribution in [0.15, 0.2) is 48.7 Å². The van der Waals surface area contributed by atoms with Crippen molar-refractivity contribution in [1.82, 2.24) is 19.3 Å². The Morgan fingerprint density at radius 3 is 2.55 bits per heavy atom. The first kappa shape index (κ1) is 18.4. The molecule has 0 N–H and O–H groups in total. The summed E-state index contributed by atoms with van der Waals surface area (Å²) in [6.45, 7) is 3.96. The lowest BCUT2D eigenvalue weighted by Gasteiger charge is -2.28. The van der Waals surface area contributed by atoms with Gasteiger partial charge in [0.1, 0.15) is 11.6 Å². The molecule has 2 aliphatic rings. The zero-order chi connectivity index (χ0) is 20.2. The summed E-state index contributed by atoms with van der Waals surface area (Å²) in [5.74, 6) is 2.07. The predicted octanol–water partition coefficient (Wildman–Crippen LogP) is 2.40. The lowest BCUT2D eigenvalue weighted by Crippen LogP contribution is -2.35. The Bertz CT molecular complexity index is 1170. The van der Waals surface area contributed by atoms with E-state index >= 15 is 0 Å². The molecule has 0 aliphatic carbocycles. The Balaban J connectivity index is 1.54. The summed E-state index contributed by atoms with van der Waals surface area (Å²) in [6, 6.07) is 13.7. The van der Waals surface area contributed by atoms with Gasteiger partial charge in [0.05, 0.1) is 17.7 Å². The summed E-state index contributed by atoms with van der Waals surface area (Å²) in [5.41, 5.74) is 1.75. The van der Waals surface area contributed by atoms with Crippen molar-refractivity contribution in [2.75, 3.05) is 30.8 Å². The minimum Gasteiger partial charge on any atom is -0.355 e. The molecule has 0 bridgehead atoms. The highest BCUT2D eigenvalue weighted by Crippen LogP contribution is 2.47. The molecule has 0 amide bonds. The molecule has 3 aromatic rings. The lowest BCUT2D eigenvalue weighted by molar-refractivity contribution is 0.352. The number of aromatic nitrogens is 3. The third kappa shape index (κ3) is 3.16. The molecule has 29 heavy (non-hydrogen) atoms. The van der Waals surface area contributed by atoms with E-state index in [1.165, 1.54) is 6.26 Å². The molecule has 5 rings (SSSR count). The van der Waals surface area contributed by atoms with E-state index in [9.17, 15) is 8.42 Å². The van der Waals surface area contributed by atoms with Crippen LogP contribution in [0.1, 0.15) is 17.4 Å². The predicted molar refractivity (Wildman–Crippen MR) is 112 cm³/mol. The van der Waals surface area contributed by atoms with Crippen molar-refractivity contribution in [3.8, 4) is 0 Å². The number of rotatable bonds is 3. The highest BCUT2D eigenvalue weighted by Gasteiger charge is 2.50. The molecule has 0 saturated carbocycles. The Morgan fingerprint density at radius 2 is 1.79 bits per heavy atom. The van der Waals surface area contributed by atoms with Gasteiger partial charge >= 0.3 is 0 Å². The topological polar surface area (TPSA) is 79.3 Å². The fourth-order valence-corrected chi connectivity index (χ4v) is 6.03. The zero-order valence-electron chi connectivity index (χ0n) is 16.4. The van der Waals surface area contributed by atoms with Crippen molar-refractivity contribution < 1.29 is 8.42 Å². The second-order valence-corrected chi connectivity index (χ2v) is 9.92. The summed E-state index contributed by atoms with van der Waals surface area (Å²) in [6.07, 6.45) is 3.06. The van der Waals surface area contributed by atoms with Crippen molar-refractivity contribution in [1.29, 1.82) is 0 Å². The maximum absolute atomic E-state index is 12.5. The van der Waals surface area contributed by atoms with Gasteiger partial charge in [-0.3, -0.25) is 0 Å². The average Bonchev–Trinajstić information content (AvgIpc) is 3.25. The van der Waals surface area contributed by atoms with Crippen molar-refractivity contribution in [3.05, 3.63) is 60.0 Å². The maximum atomic E-state index is 12.5. The number of nitrogens with zero attached hydrogens (tertiary/aromatic N) is 5. The highest BCUT2D eigenvalue weighted by atomic mass is 32.2. The van der Waals surface area contributed by atoms with Gasteiger partial charge in [-0.15, -0.1) is 0 Å². The number of anilines is 1. The minimum atomic E-state index is -3.29. The Morgan fingerprint density at radius 1 is 1.00 bits per heavy atom. The molecule has 1 aromatic carbocycles. The molecular weight excluding hydrogens is 386 g/mol. The van der Waals surface area contributed by atoms with Crippen LogP contribution in [0.2, 0.25) is 0 Å². The van der Waals surface area contributed by atoms with Crippen molar-refractivity contribution in [2.45, 2.75) is 13.0 Å². The third-order valence-electron chi connectivity index (χ3n) is 6.05. The molecule has 2 saturated heterocycles. The molecule has 4 heterocycles. The van der Waals surface area contributed by atoms with Crippen LogP contribution >= 0.6 is 0 Å². The molecule has 8 heteroatoms. The monoisotopic (exact) mass is 409 g/mol. The first-order chi connectivity index (χ1) is 13.9. The fourth-order valence-electron chi connectivity index (χ4n) is 4.88. The van der Waals surface area contributed by atoms with Crippen LogP contribution in [0.25, 0.3) is 11.0 Å². The summed E-state index contributed by atoms with van der Waals surface area (Å²) >= 11 is 0. The molecule has 150 valence electrons. The van der Waals surface area contributed by atoms with Gasteiger partial charge in [0, 0.05) is 31.7 Å². The second kappa shape index (κ2) is 6.74. The first-order valence-corrected chi connectivity index (χ1v) is 11.6. The van der Waals surface area contributed by atoms with Crippen LogP contribution in [0.5, 0.6) is 0 Å². The van der Waals surface area contributed by atoms with Crippen molar-refractivity contribution >= 4 is 26.9 Å². The number of sulfonamides is 1. The Hall–Kier alpha value is -2.58. The van der Waals surface area contributed by atoms with Crippen LogP contribution < -0.4 is 4.90 Å². The van der Waals surface area contributed by atoms with Crippen LogP contribution in [-0.2, 0) is 10.0 Å². The van der Waals surface area contributed by atoms with Gasteiger partial charge in [0.2, 0.25) is 10.0 Å². The number of aryl methyl sites for hydroxylation is 1. The molecule has 2 aliphatic heterocycles. The second-order valence-electron chi connectivity index (χ2n) is 7.99. The van der Waals surface area contributed by atoms with Gasteiger partial charge < -0.3 is 4.90 Å². The van der Waals surface area contributed by atoms with Crippen LogP contribution in [0.4, 0.5) is 5.82 Å². The number of benzene rings is 1. The van der Waals surface area contributed by atoms with Gasteiger partial charge in [-0.25, -0.2) is 23.4 Å². The SMILES string of the molecule is Cc1nc(N2C[C@@H]3CN(S(C)(=O)=O)[C@@H](c4ccccc4)[C@@H]3C2)c2cccnc2n1. The van der Waals surface area contributed by atoms with E-state index in [1.807, 2.05) is 49.4 Å². The van der Waals surface area contributed by atoms with E-state index in [0.29, 0.717) is 18.0 Å². The standard InChI is InChI=1S/C21H23N5O2S/c1-14-23-20-17(9-6-10-22-20)21(24-14)25-11-16-12-26(29(2,27)28)19(18(16)13-25)15-7-4-3-5-8-15/h3-10,16,18-19H,11-13H2,1-2H3/t16-,18-,19+/m1/s1. The normalized spacial score (nSPS) is 24.9. The minimum absolute atomic E-state index is 0.145. The number of hydrogen-bond donors (Lipinski definition) is 0. The van der Waals surface area contributed by atoms with E-state index in [2.05, 4.69) is 14.9 Å². The molecule has 2 aromatic heterocycles. The van der Waals surface area contributed by atoms with E-state index in [0.717, 1.165) is 29.9 Å². The summed E-state index contributed by atoms with van der Waals surface area (Å²) in [7, 11) is -3.29. The van der Waals surface area contributed by atoms with E-state index < -0.39 is 10.0 Å². The quantitative estimate of drug-likeness (QED) is 0.661. The molecular formula is C21H23N5O2S. The Kier molecular flexibility index (Phi) is 4.29. The lowest BCUT2D eigenvalue weighted by atomic mass is 9.90. The highest BCUT2D eigenvalue weighted by molar-refractivity contribution is 7.88. The van der Waals surface area contributed by atoms with Gasteiger partial charge in [0.25, 0.3) is 0 Å². The maximum Gasteiger partial charge on any atom is 0.211 e. The van der Waals surface area contributed by atoms with E-state index in [4.69, 9.17) is 4.98 Å². The van der Waals surface area contributed by atoms with Crippen molar-refractivity contribution in [3.63, 3.8) is 0 Å². The Labute approximate surface area is 170 Å². The largest absolute Gasteiger partial charge is 0.355 e. The summed E-state index contributed by atoms with van der Waals surface area (Å²) in [5, 5.41) is 0.939. The van der Waals surface area contributed by atoms with Gasteiger partial charge in [-0.1, -0.05) is 30.3 Å². The van der Waals surface area contributed by atoms with Gasteiger partial charge in [-0.05, 0) is 30.5 Å². The third-order valence-corrected chi connectivity index (χ3v) is 7.28. The smallest absolute Gasteiger partial charge is 0.211 e. The van der Waals surface area contributed by atoms with Crippen molar-refractivity contribution in [2.24, 2.45) is 11.8 Å². The van der Waals surface area contributed by atoms with Gasteiger partial charge in [0.15, 0.2) is 5.65 Å². The van der Waals surface area contributed by atoms with E-state index in [1.54, 1.807) is 10.5 Å². The van der Waals surface area contributed by atoms with Crippen LogP contribution in [0.3, 0.4) is 0 Å². The number of hydrogen-bond acceptors (Lipinski definition) is 6. The van der Waals surface area contributed by atoms with E-state index in [-0.39, 0.29) is 17.9 Å².